The summed E-state index contributed by atoms with van der Waals surface area (Å²) >= 11 is 0. The molecule has 1 unspecified atom stereocenters. The zero-order chi connectivity index (χ0) is 16.7. The van der Waals surface area contributed by atoms with Gasteiger partial charge >= 0.3 is 0 Å². The molecule has 1 aliphatic heterocycles. The Bertz CT molecular complexity index is 599. The van der Waals surface area contributed by atoms with E-state index in [0.29, 0.717) is 19.0 Å². The number of para-hydroxylation sites is 1. The van der Waals surface area contributed by atoms with Crippen LogP contribution in [0.5, 0.6) is 5.75 Å². The van der Waals surface area contributed by atoms with Gasteiger partial charge in [0.25, 0.3) is 0 Å². The van der Waals surface area contributed by atoms with E-state index in [-0.39, 0.29) is 6.10 Å². The maximum atomic E-state index is 9.90. The molecule has 0 amide bonds. The number of hydrogen-bond acceptors (Lipinski definition) is 3. The molecule has 0 saturated heterocycles. The van der Waals surface area contributed by atoms with E-state index >= 15 is 0 Å². The molecule has 0 spiro atoms. The third-order valence-corrected chi connectivity index (χ3v) is 4.15. The average Bonchev–Trinajstić information content (AvgIpc) is 3.02. The molecule has 1 atom stereocenters. The molecule has 0 aliphatic carbocycles. The highest BCUT2D eigenvalue weighted by Crippen LogP contribution is 2.28. The van der Waals surface area contributed by atoms with Crippen LogP contribution in [-0.4, -0.2) is 31.5 Å². The molecule has 0 fully saturated rings. The standard InChI is InChI=1S/C20H26O3/c1-4-16(13-17-7-5-6-8-19(17)21)9-10-20-18(11-12-23-20)15(2)14-22-3/h5-8,11,13,20-21H,2,4,9-10,12,14H2,1,3H3/b16-13+. The number of rotatable bonds is 8. The van der Waals surface area contributed by atoms with Gasteiger partial charge in [-0.15, -0.1) is 0 Å². The predicted molar refractivity (Wildman–Crippen MR) is 94.4 cm³/mol. The molecule has 1 aliphatic rings. The van der Waals surface area contributed by atoms with Crippen LogP contribution in [0.2, 0.25) is 0 Å². The zero-order valence-electron chi connectivity index (χ0n) is 14.0. The van der Waals surface area contributed by atoms with Crippen LogP contribution in [0.1, 0.15) is 31.7 Å². The lowest BCUT2D eigenvalue weighted by Crippen LogP contribution is -2.13. The first kappa shape index (κ1) is 17.5. The fourth-order valence-electron chi connectivity index (χ4n) is 2.84. The second-order valence-corrected chi connectivity index (χ2v) is 5.77. The summed E-state index contributed by atoms with van der Waals surface area (Å²) < 4.78 is 11.0. The molecule has 23 heavy (non-hydrogen) atoms. The fraction of sp³-hybridized carbons (Fsp3) is 0.400. The summed E-state index contributed by atoms with van der Waals surface area (Å²) in [4.78, 5) is 0. The van der Waals surface area contributed by atoms with Crippen molar-refractivity contribution in [1.82, 2.24) is 0 Å². The highest BCUT2D eigenvalue weighted by atomic mass is 16.5. The third-order valence-electron chi connectivity index (χ3n) is 4.15. The van der Waals surface area contributed by atoms with Crippen LogP contribution < -0.4 is 0 Å². The van der Waals surface area contributed by atoms with Gasteiger partial charge in [-0.1, -0.05) is 49.4 Å². The number of aromatic hydroxyl groups is 1. The van der Waals surface area contributed by atoms with Gasteiger partial charge in [-0.2, -0.15) is 0 Å². The Morgan fingerprint density at radius 2 is 2.22 bits per heavy atom. The molecular weight excluding hydrogens is 288 g/mol. The number of benzene rings is 1. The van der Waals surface area contributed by atoms with Crippen molar-refractivity contribution in [1.29, 1.82) is 0 Å². The molecule has 1 aromatic carbocycles. The minimum Gasteiger partial charge on any atom is -0.507 e. The smallest absolute Gasteiger partial charge is 0.122 e. The summed E-state index contributed by atoms with van der Waals surface area (Å²) in [5.41, 5.74) is 4.34. The van der Waals surface area contributed by atoms with Gasteiger partial charge in [0, 0.05) is 12.7 Å². The molecule has 124 valence electrons. The second-order valence-electron chi connectivity index (χ2n) is 5.77. The van der Waals surface area contributed by atoms with Gasteiger partial charge in [0.2, 0.25) is 0 Å². The highest BCUT2D eigenvalue weighted by Gasteiger charge is 2.22. The van der Waals surface area contributed by atoms with Crippen molar-refractivity contribution >= 4 is 6.08 Å². The normalized spacial score (nSPS) is 18.1. The van der Waals surface area contributed by atoms with Gasteiger partial charge < -0.3 is 14.6 Å². The first-order chi connectivity index (χ1) is 11.2. The summed E-state index contributed by atoms with van der Waals surface area (Å²) in [7, 11) is 1.68. The summed E-state index contributed by atoms with van der Waals surface area (Å²) in [5.74, 6) is 0.324. The SMILES string of the molecule is C=C(COC)C1=CCOC1CC/C(=C/c1ccccc1O)CC. The summed E-state index contributed by atoms with van der Waals surface area (Å²) in [6.07, 6.45) is 7.09. The molecule has 3 nitrogen and oxygen atoms in total. The van der Waals surface area contributed by atoms with Crippen molar-refractivity contribution in [2.45, 2.75) is 32.3 Å². The monoisotopic (exact) mass is 314 g/mol. The summed E-state index contributed by atoms with van der Waals surface area (Å²) in [5, 5.41) is 9.90. The van der Waals surface area contributed by atoms with Gasteiger partial charge in [-0.05, 0) is 36.5 Å². The number of ether oxygens (including phenoxy) is 2. The topological polar surface area (TPSA) is 38.7 Å². The minimum absolute atomic E-state index is 0.0944. The van der Waals surface area contributed by atoms with Crippen LogP contribution in [0.4, 0.5) is 0 Å². The molecule has 1 heterocycles. The van der Waals surface area contributed by atoms with E-state index in [2.05, 4.69) is 25.7 Å². The van der Waals surface area contributed by atoms with Crippen LogP contribution in [0, 0.1) is 0 Å². The highest BCUT2D eigenvalue weighted by molar-refractivity contribution is 5.59. The van der Waals surface area contributed by atoms with Crippen LogP contribution in [0.25, 0.3) is 6.08 Å². The number of hydrogen-bond donors (Lipinski definition) is 1. The quantitative estimate of drug-likeness (QED) is 0.768. The molecule has 1 aromatic rings. The lowest BCUT2D eigenvalue weighted by Gasteiger charge is -2.17. The molecule has 3 heteroatoms. The Hall–Kier alpha value is -1.84. The van der Waals surface area contributed by atoms with Crippen molar-refractivity contribution < 1.29 is 14.6 Å². The largest absolute Gasteiger partial charge is 0.507 e. The molecule has 0 aromatic heterocycles. The average molecular weight is 314 g/mol. The van der Waals surface area contributed by atoms with E-state index in [1.165, 1.54) is 11.1 Å². The van der Waals surface area contributed by atoms with Gasteiger partial charge in [0.15, 0.2) is 0 Å². The van der Waals surface area contributed by atoms with Gasteiger partial charge in [0.05, 0.1) is 19.3 Å². The van der Waals surface area contributed by atoms with Crippen LogP contribution in [-0.2, 0) is 9.47 Å². The van der Waals surface area contributed by atoms with Crippen LogP contribution in [0.3, 0.4) is 0 Å². The van der Waals surface area contributed by atoms with E-state index in [1.807, 2.05) is 18.2 Å². The number of phenolic OH excluding ortho intramolecular Hbond substituents is 1. The maximum Gasteiger partial charge on any atom is 0.122 e. The fourth-order valence-corrected chi connectivity index (χ4v) is 2.84. The Balaban J connectivity index is 1.99. The lowest BCUT2D eigenvalue weighted by molar-refractivity contribution is 0.115. The molecule has 0 bridgehead atoms. The van der Waals surface area contributed by atoms with Crippen molar-refractivity contribution in [3.8, 4) is 5.75 Å². The maximum absolute atomic E-state index is 9.90. The van der Waals surface area contributed by atoms with Crippen molar-refractivity contribution in [2.24, 2.45) is 0 Å². The number of phenols is 1. The molecule has 0 saturated carbocycles. The Kier molecular flexibility index (Phi) is 6.63. The van der Waals surface area contributed by atoms with Crippen LogP contribution in [0.15, 0.2) is 53.6 Å². The van der Waals surface area contributed by atoms with E-state index in [4.69, 9.17) is 9.47 Å². The molecule has 1 N–H and O–H groups in total. The van der Waals surface area contributed by atoms with E-state index in [0.717, 1.165) is 30.4 Å². The van der Waals surface area contributed by atoms with Gasteiger partial charge in [0.1, 0.15) is 5.75 Å². The Morgan fingerprint density at radius 3 is 2.91 bits per heavy atom. The van der Waals surface area contributed by atoms with Crippen molar-refractivity contribution in [3.05, 3.63) is 59.2 Å². The summed E-state index contributed by atoms with van der Waals surface area (Å²) in [6, 6.07) is 7.43. The van der Waals surface area contributed by atoms with Crippen molar-refractivity contribution in [3.63, 3.8) is 0 Å². The lowest BCUT2D eigenvalue weighted by atomic mass is 9.96. The van der Waals surface area contributed by atoms with E-state index in [9.17, 15) is 5.11 Å². The van der Waals surface area contributed by atoms with Gasteiger partial charge in [-0.3, -0.25) is 0 Å². The predicted octanol–water partition coefficient (Wildman–Crippen LogP) is 4.49. The minimum atomic E-state index is 0.0944. The van der Waals surface area contributed by atoms with E-state index < -0.39 is 0 Å². The molecular formula is C20H26O3. The van der Waals surface area contributed by atoms with E-state index in [1.54, 1.807) is 13.2 Å². The first-order valence-corrected chi connectivity index (χ1v) is 8.11. The van der Waals surface area contributed by atoms with Crippen LogP contribution >= 0.6 is 0 Å². The Morgan fingerprint density at radius 1 is 1.43 bits per heavy atom. The van der Waals surface area contributed by atoms with Crippen molar-refractivity contribution in [2.75, 3.05) is 20.3 Å². The third kappa shape index (κ3) is 4.81. The molecule has 2 rings (SSSR count). The summed E-state index contributed by atoms with van der Waals surface area (Å²) in [6.45, 7) is 7.41. The zero-order valence-corrected chi connectivity index (χ0v) is 14.0. The molecule has 0 radical (unpaired) electrons. The second kappa shape index (κ2) is 8.70. The Labute approximate surface area is 138 Å². The first-order valence-electron chi connectivity index (χ1n) is 8.11. The number of allylic oxidation sites excluding steroid dienone is 1. The van der Waals surface area contributed by atoms with Gasteiger partial charge in [-0.25, -0.2) is 0 Å². The number of methoxy groups -OCH3 is 1.